The fourth-order valence-electron chi connectivity index (χ4n) is 3.28. The highest BCUT2D eigenvalue weighted by molar-refractivity contribution is 7.92. The Labute approximate surface area is 170 Å². The molecule has 1 aliphatic carbocycles. The molecule has 2 N–H and O–H groups in total. The summed E-state index contributed by atoms with van der Waals surface area (Å²) in [7, 11) is -3.92. The molecular weight excluding hydrogens is 431 g/mol. The van der Waals surface area contributed by atoms with Gasteiger partial charge in [0.2, 0.25) is 0 Å². The van der Waals surface area contributed by atoms with Crippen molar-refractivity contribution in [1.82, 2.24) is 0 Å². The van der Waals surface area contributed by atoms with Gasteiger partial charge in [0, 0.05) is 23.4 Å². The maximum absolute atomic E-state index is 13.3. The Kier molecular flexibility index (Phi) is 6.21. The van der Waals surface area contributed by atoms with E-state index in [2.05, 4.69) is 5.32 Å². The molecule has 0 spiro atoms. The molecule has 1 aliphatic rings. The van der Waals surface area contributed by atoms with Crippen LogP contribution in [0.25, 0.3) is 0 Å². The van der Waals surface area contributed by atoms with E-state index in [0.717, 1.165) is 6.07 Å². The first-order chi connectivity index (χ1) is 13.6. The number of carbonyl (C=O) groups excluding carboxylic acids is 1. The lowest BCUT2D eigenvalue weighted by atomic mass is 9.97. The summed E-state index contributed by atoms with van der Waals surface area (Å²) in [5, 5.41) is 11.1. The van der Waals surface area contributed by atoms with Crippen molar-refractivity contribution in [2.75, 3.05) is 5.32 Å². The monoisotopic (exact) mass is 447 g/mol. The first kappa shape index (κ1) is 21.6. The summed E-state index contributed by atoms with van der Waals surface area (Å²) in [5.74, 6) is -5.48. The van der Waals surface area contributed by atoms with Gasteiger partial charge in [0.1, 0.15) is 0 Å². The van der Waals surface area contributed by atoms with Crippen molar-refractivity contribution in [1.29, 1.82) is 0 Å². The van der Waals surface area contributed by atoms with Crippen LogP contribution in [-0.2, 0) is 9.84 Å². The second-order valence-electron chi connectivity index (χ2n) is 6.84. The van der Waals surface area contributed by atoms with E-state index in [-0.39, 0.29) is 27.6 Å². The quantitative estimate of drug-likeness (QED) is 0.691. The van der Waals surface area contributed by atoms with Crippen LogP contribution in [0.2, 0.25) is 5.02 Å². The van der Waals surface area contributed by atoms with Gasteiger partial charge >= 0.3 is 0 Å². The third-order valence-corrected chi connectivity index (χ3v) is 7.48. The number of anilines is 1. The molecule has 1 amide bonds. The van der Waals surface area contributed by atoms with Gasteiger partial charge in [-0.3, -0.25) is 4.79 Å². The molecule has 0 bridgehead atoms. The van der Waals surface area contributed by atoms with E-state index in [0.29, 0.717) is 31.4 Å². The third kappa shape index (κ3) is 4.57. The molecule has 0 heterocycles. The molecule has 2 aromatic rings. The summed E-state index contributed by atoms with van der Waals surface area (Å²) >= 11 is 6.05. The lowest BCUT2D eigenvalue weighted by molar-refractivity contribution is 0.102. The largest absolute Gasteiger partial charge is 0.393 e. The zero-order valence-corrected chi connectivity index (χ0v) is 16.5. The zero-order valence-electron chi connectivity index (χ0n) is 15.0. The van der Waals surface area contributed by atoms with Crippen molar-refractivity contribution in [2.24, 2.45) is 0 Å². The maximum Gasteiger partial charge on any atom is 0.255 e. The van der Waals surface area contributed by atoms with Crippen molar-refractivity contribution in [3.63, 3.8) is 0 Å². The van der Waals surface area contributed by atoms with Crippen molar-refractivity contribution < 1.29 is 31.5 Å². The molecular formula is C19H17ClF3NO4S. The highest BCUT2D eigenvalue weighted by Crippen LogP contribution is 2.33. The number of carbonyl (C=O) groups is 1. The molecule has 10 heteroatoms. The molecule has 2 aromatic carbocycles. The van der Waals surface area contributed by atoms with Gasteiger partial charge in [-0.05, 0) is 43.9 Å². The summed E-state index contributed by atoms with van der Waals surface area (Å²) < 4.78 is 65.6. The van der Waals surface area contributed by atoms with Crippen molar-refractivity contribution in [3.05, 3.63) is 58.4 Å². The lowest BCUT2D eigenvalue weighted by Gasteiger charge is -2.26. The van der Waals surface area contributed by atoms with Crippen LogP contribution in [0.15, 0.2) is 35.2 Å². The van der Waals surface area contributed by atoms with Crippen LogP contribution in [0, 0.1) is 17.5 Å². The molecule has 1 saturated carbocycles. The molecule has 0 saturated heterocycles. The van der Waals surface area contributed by atoms with Crippen LogP contribution in [0.5, 0.6) is 0 Å². The van der Waals surface area contributed by atoms with E-state index in [1.54, 1.807) is 0 Å². The third-order valence-electron chi connectivity index (χ3n) is 4.78. The van der Waals surface area contributed by atoms with Crippen LogP contribution in [0.1, 0.15) is 36.0 Å². The lowest BCUT2D eigenvalue weighted by Crippen LogP contribution is -2.31. The molecule has 156 valence electrons. The number of hydrogen-bond acceptors (Lipinski definition) is 4. The zero-order chi connectivity index (χ0) is 21.3. The number of aliphatic hydroxyl groups is 1. The number of sulfone groups is 1. The molecule has 5 nitrogen and oxygen atoms in total. The van der Waals surface area contributed by atoms with Crippen molar-refractivity contribution >= 4 is 33.0 Å². The first-order valence-electron chi connectivity index (χ1n) is 8.77. The molecule has 1 fully saturated rings. The SMILES string of the molecule is O=C(Nc1cc(F)c(F)c(F)c1)c1ccc(Cl)c(S(=O)(=O)C2CCC[C@H](O)C2)c1. The van der Waals surface area contributed by atoms with Gasteiger partial charge in [-0.1, -0.05) is 11.6 Å². The summed E-state index contributed by atoms with van der Waals surface area (Å²) in [6, 6.07) is 4.77. The van der Waals surface area contributed by atoms with Gasteiger partial charge in [0.15, 0.2) is 27.3 Å². The number of aliphatic hydroxyl groups excluding tert-OH is 1. The van der Waals surface area contributed by atoms with Crippen molar-refractivity contribution in [2.45, 2.75) is 41.9 Å². The van der Waals surface area contributed by atoms with Crippen LogP contribution in [0.4, 0.5) is 18.9 Å². The summed E-state index contributed by atoms with van der Waals surface area (Å²) in [4.78, 5) is 12.2. The fraction of sp³-hybridized carbons (Fsp3) is 0.316. The number of rotatable bonds is 4. The van der Waals surface area contributed by atoms with Crippen molar-refractivity contribution in [3.8, 4) is 0 Å². The Morgan fingerprint density at radius 2 is 1.76 bits per heavy atom. The van der Waals surface area contributed by atoms with E-state index >= 15 is 0 Å². The standard InChI is InChI=1S/C19H17ClF3NO4S/c20-14-5-4-10(19(26)24-11-7-15(21)18(23)16(22)8-11)6-17(14)29(27,28)13-3-1-2-12(25)9-13/h4-8,12-13,25H,1-3,9H2,(H,24,26)/t12-,13?/m0/s1. The highest BCUT2D eigenvalue weighted by Gasteiger charge is 2.34. The van der Waals surface area contributed by atoms with Gasteiger partial charge in [0.05, 0.1) is 21.3 Å². The van der Waals surface area contributed by atoms with Gasteiger partial charge in [-0.25, -0.2) is 21.6 Å². The highest BCUT2D eigenvalue weighted by atomic mass is 35.5. The second-order valence-corrected chi connectivity index (χ2v) is 9.44. The number of amides is 1. The minimum absolute atomic E-state index is 0.0726. The maximum atomic E-state index is 13.3. The minimum atomic E-state index is -3.92. The number of nitrogens with one attached hydrogen (secondary N) is 1. The summed E-state index contributed by atoms with van der Waals surface area (Å²) in [5.41, 5.74) is -0.448. The molecule has 1 unspecified atom stereocenters. The average molecular weight is 448 g/mol. The van der Waals surface area contributed by atoms with Crippen LogP contribution >= 0.6 is 11.6 Å². The molecule has 29 heavy (non-hydrogen) atoms. The van der Waals surface area contributed by atoms with Gasteiger partial charge in [0.25, 0.3) is 5.91 Å². The predicted molar refractivity (Wildman–Crippen MR) is 101 cm³/mol. The molecule has 0 aromatic heterocycles. The molecule has 3 rings (SSSR count). The number of halogens is 4. The van der Waals surface area contributed by atoms with E-state index in [9.17, 15) is 31.5 Å². The van der Waals surface area contributed by atoms with Gasteiger partial charge in [-0.2, -0.15) is 0 Å². The first-order valence-corrected chi connectivity index (χ1v) is 10.7. The number of benzene rings is 2. The molecule has 2 atom stereocenters. The molecule has 0 aliphatic heterocycles. The summed E-state index contributed by atoms with van der Waals surface area (Å²) in [6.07, 6.45) is 0.776. The van der Waals surface area contributed by atoms with Gasteiger partial charge < -0.3 is 10.4 Å². The second kappa shape index (κ2) is 8.33. The van der Waals surface area contributed by atoms with Crippen LogP contribution < -0.4 is 5.32 Å². The normalized spacial score (nSPS) is 19.8. The smallest absolute Gasteiger partial charge is 0.255 e. The fourth-order valence-corrected chi connectivity index (χ4v) is 5.66. The number of hydrogen-bond donors (Lipinski definition) is 2. The Morgan fingerprint density at radius 3 is 2.38 bits per heavy atom. The van der Waals surface area contributed by atoms with E-state index in [1.165, 1.54) is 12.1 Å². The Morgan fingerprint density at radius 1 is 1.10 bits per heavy atom. The average Bonchev–Trinajstić information content (AvgIpc) is 2.66. The van der Waals surface area contributed by atoms with Crippen LogP contribution in [0.3, 0.4) is 0 Å². The topological polar surface area (TPSA) is 83.5 Å². The Hall–Kier alpha value is -2.10. The minimum Gasteiger partial charge on any atom is -0.393 e. The Balaban J connectivity index is 1.89. The molecule has 0 radical (unpaired) electrons. The van der Waals surface area contributed by atoms with Gasteiger partial charge in [-0.15, -0.1) is 0 Å². The van der Waals surface area contributed by atoms with E-state index in [1.807, 2.05) is 0 Å². The van der Waals surface area contributed by atoms with E-state index in [4.69, 9.17) is 11.6 Å². The predicted octanol–water partition coefficient (Wildman–Crippen LogP) is 4.09. The summed E-state index contributed by atoms with van der Waals surface area (Å²) in [6.45, 7) is 0. The van der Waals surface area contributed by atoms with Crippen LogP contribution in [-0.4, -0.2) is 30.8 Å². The van der Waals surface area contributed by atoms with E-state index < -0.39 is 44.5 Å². The Bertz CT molecular complexity index is 1040.